The third-order valence-electron chi connectivity index (χ3n) is 8.26. The highest BCUT2D eigenvalue weighted by Crippen LogP contribution is 2.20. The van der Waals surface area contributed by atoms with Crippen molar-refractivity contribution in [2.24, 2.45) is 0 Å². The van der Waals surface area contributed by atoms with Crippen molar-refractivity contribution in [1.82, 2.24) is 25.3 Å². The van der Waals surface area contributed by atoms with Crippen molar-refractivity contribution in [2.75, 3.05) is 53.4 Å². The van der Waals surface area contributed by atoms with Gasteiger partial charge >= 0.3 is 0 Å². The molecule has 0 bridgehead atoms. The first kappa shape index (κ1) is 32.0. The van der Waals surface area contributed by atoms with E-state index in [-0.39, 0.29) is 30.6 Å². The molecule has 0 saturated carbocycles. The van der Waals surface area contributed by atoms with E-state index in [1.54, 1.807) is 30.1 Å². The molecule has 0 unspecified atom stereocenters. The molecule has 2 aliphatic heterocycles. The number of likely N-dealkylation sites (N-methyl/N-ethyl adjacent to an activating group) is 2. The van der Waals surface area contributed by atoms with Gasteiger partial charge in [-0.05, 0) is 44.0 Å². The zero-order chi connectivity index (χ0) is 30.6. The van der Waals surface area contributed by atoms with Crippen LogP contribution in [0.15, 0.2) is 54.6 Å². The minimum Gasteiger partial charge on any atom is -0.493 e. The summed E-state index contributed by atoms with van der Waals surface area (Å²) in [5, 5.41) is 5.94. The standard InChI is InChI=1S/C33H45N5O5/c1-36-19-21-38(22-20-36)33(42)27-16-17-30(39)37(2)28(24-25-12-6-5-7-13-25)32(41)34-18-10-3-4-11-23-43-29-15-9-8-14-26(29)31(40)35-27/h5-9,12-15,27-28H,3-4,10-11,16-24H2,1-2H3,(H,34,41)(H,35,40)/t27-,28-/m0/s1. The van der Waals surface area contributed by atoms with Crippen LogP contribution in [0.25, 0.3) is 0 Å². The van der Waals surface area contributed by atoms with Crippen molar-refractivity contribution in [1.29, 1.82) is 0 Å². The van der Waals surface area contributed by atoms with Gasteiger partial charge in [-0.1, -0.05) is 55.3 Å². The van der Waals surface area contributed by atoms with Gasteiger partial charge in [-0.2, -0.15) is 0 Å². The lowest BCUT2D eigenvalue weighted by Crippen LogP contribution is -2.54. The summed E-state index contributed by atoms with van der Waals surface area (Å²) in [6.07, 6.45) is 3.94. The van der Waals surface area contributed by atoms with Crippen LogP contribution >= 0.6 is 0 Å². The molecule has 0 aromatic heterocycles. The minimum absolute atomic E-state index is 0.00234. The normalized spacial score (nSPS) is 22.2. The van der Waals surface area contributed by atoms with E-state index in [4.69, 9.17) is 4.74 Å². The molecule has 43 heavy (non-hydrogen) atoms. The molecular formula is C33H45N5O5. The van der Waals surface area contributed by atoms with Gasteiger partial charge in [0.1, 0.15) is 17.8 Å². The second-order valence-electron chi connectivity index (χ2n) is 11.5. The molecule has 0 radical (unpaired) electrons. The van der Waals surface area contributed by atoms with E-state index in [2.05, 4.69) is 15.5 Å². The van der Waals surface area contributed by atoms with Gasteiger partial charge in [0, 0.05) is 52.6 Å². The van der Waals surface area contributed by atoms with Crippen LogP contribution in [0.2, 0.25) is 0 Å². The molecule has 0 aliphatic carbocycles. The van der Waals surface area contributed by atoms with Crippen LogP contribution in [-0.4, -0.2) is 104 Å². The van der Waals surface area contributed by atoms with Crippen LogP contribution in [0.5, 0.6) is 5.75 Å². The maximum atomic E-state index is 13.7. The van der Waals surface area contributed by atoms with Gasteiger partial charge in [-0.3, -0.25) is 19.2 Å². The van der Waals surface area contributed by atoms with Crippen molar-refractivity contribution in [3.8, 4) is 5.75 Å². The predicted octanol–water partition coefficient (Wildman–Crippen LogP) is 2.48. The fourth-order valence-electron chi connectivity index (χ4n) is 5.47. The van der Waals surface area contributed by atoms with Crippen molar-refractivity contribution in [3.63, 3.8) is 0 Å². The quantitative estimate of drug-likeness (QED) is 0.568. The largest absolute Gasteiger partial charge is 0.493 e. The highest BCUT2D eigenvalue weighted by Gasteiger charge is 2.32. The Kier molecular flexibility index (Phi) is 12.0. The SMILES string of the molecule is CN1CCN(C(=O)[C@@H]2CCC(=O)N(C)[C@@H](Cc3ccccc3)C(=O)NCCCCCCOc3ccccc3C(=O)N2)CC1. The molecule has 2 aromatic rings. The van der Waals surface area contributed by atoms with Gasteiger partial charge in [0.25, 0.3) is 5.91 Å². The number of hydrogen-bond acceptors (Lipinski definition) is 6. The van der Waals surface area contributed by atoms with Gasteiger partial charge < -0.3 is 30.1 Å². The number of piperazine rings is 1. The highest BCUT2D eigenvalue weighted by atomic mass is 16.5. The topological polar surface area (TPSA) is 111 Å². The number of carbonyl (C=O) groups is 4. The Morgan fingerprint density at radius 3 is 2.35 bits per heavy atom. The number of nitrogens with zero attached hydrogens (tertiary/aromatic N) is 3. The van der Waals surface area contributed by atoms with Crippen LogP contribution in [0.1, 0.15) is 54.4 Å². The minimum atomic E-state index is -0.898. The zero-order valence-electron chi connectivity index (χ0n) is 25.4. The Morgan fingerprint density at radius 2 is 1.58 bits per heavy atom. The first-order valence-electron chi connectivity index (χ1n) is 15.4. The second-order valence-corrected chi connectivity index (χ2v) is 11.5. The van der Waals surface area contributed by atoms with E-state index >= 15 is 0 Å². The third kappa shape index (κ3) is 9.28. The van der Waals surface area contributed by atoms with Crippen molar-refractivity contribution >= 4 is 23.6 Å². The summed E-state index contributed by atoms with van der Waals surface area (Å²) < 4.78 is 5.97. The number of benzene rings is 2. The summed E-state index contributed by atoms with van der Waals surface area (Å²) in [5.41, 5.74) is 1.31. The molecule has 10 heteroatoms. The lowest BCUT2D eigenvalue weighted by Gasteiger charge is -2.35. The average molecular weight is 592 g/mol. The lowest BCUT2D eigenvalue weighted by molar-refractivity contribution is -0.140. The molecule has 2 aliphatic rings. The smallest absolute Gasteiger partial charge is 0.255 e. The van der Waals surface area contributed by atoms with E-state index in [9.17, 15) is 19.2 Å². The van der Waals surface area contributed by atoms with Gasteiger partial charge in [0.2, 0.25) is 17.7 Å². The Balaban J connectivity index is 1.57. The number of ether oxygens (including phenoxy) is 1. The maximum Gasteiger partial charge on any atom is 0.255 e. The molecule has 10 nitrogen and oxygen atoms in total. The maximum absolute atomic E-state index is 13.7. The van der Waals surface area contributed by atoms with E-state index < -0.39 is 18.0 Å². The molecule has 2 atom stereocenters. The number of amides is 4. The monoisotopic (exact) mass is 591 g/mol. The molecule has 1 fully saturated rings. The molecule has 232 valence electrons. The van der Waals surface area contributed by atoms with Crippen LogP contribution in [0.3, 0.4) is 0 Å². The molecule has 4 rings (SSSR count). The summed E-state index contributed by atoms with van der Waals surface area (Å²) in [7, 11) is 3.65. The summed E-state index contributed by atoms with van der Waals surface area (Å²) in [4.78, 5) is 59.5. The molecule has 1 saturated heterocycles. The van der Waals surface area contributed by atoms with Crippen LogP contribution in [-0.2, 0) is 20.8 Å². The Bertz CT molecular complexity index is 1230. The molecular weight excluding hydrogens is 546 g/mol. The van der Waals surface area contributed by atoms with Gasteiger partial charge in [-0.15, -0.1) is 0 Å². The predicted molar refractivity (Wildman–Crippen MR) is 165 cm³/mol. The number of fused-ring (bicyclic) bond motifs is 1. The first-order chi connectivity index (χ1) is 20.8. The Morgan fingerprint density at radius 1 is 0.884 bits per heavy atom. The van der Waals surface area contributed by atoms with Crippen LogP contribution < -0.4 is 15.4 Å². The lowest BCUT2D eigenvalue weighted by atomic mass is 10.0. The van der Waals surface area contributed by atoms with E-state index in [1.165, 1.54) is 4.90 Å². The fourth-order valence-corrected chi connectivity index (χ4v) is 5.47. The van der Waals surface area contributed by atoms with E-state index in [1.807, 2.05) is 43.4 Å². The number of hydrogen-bond donors (Lipinski definition) is 2. The van der Waals surface area contributed by atoms with E-state index in [0.717, 1.165) is 44.3 Å². The number of para-hydroxylation sites is 1. The number of rotatable bonds is 3. The Hall–Kier alpha value is -3.92. The third-order valence-corrected chi connectivity index (χ3v) is 8.26. The summed E-state index contributed by atoms with van der Waals surface area (Å²) in [6.45, 7) is 3.56. The molecule has 2 aromatic carbocycles. The zero-order valence-corrected chi connectivity index (χ0v) is 25.4. The van der Waals surface area contributed by atoms with Gasteiger partial charge in [0.05, 0.1) is 12.2 Å². The summed E-state index contributed by atoms with van der Waals surface area (Å²) in [5.74, 6) is -0.614. The second kappa shape index (κ2) is 16.1. The average Bonchev–Trinajstić information content (AvgIpc) is 3.02. The van der Waals surface area contributed by atoms with Gasteiger partial charge in [0.15, 0.2) is 0 Å². The highest BCUT2D eigenvalue weighted by molar-refractivity contribution is 5.99. The van der Waals surface area contributed by atoms with Crippen molar-refractivity contribution < 1.29 is 23.9 Å². The molecule has 2 N–H and O–H groups in total. The van der Waals surface area contributed by atoms with E-state index in [0.29, 0.717) is 44.0 Å². The molecule has 0 spiro atoms. The Labute approximate surface area is 254 Å². The van der Waals surface area contributed by atoms with Crippen LogP contribution in [0.4, 0.5) is 0 Å². The molecule has 4 amide bonds. The number of carbonyl (C=O) groups excluding carboxylic acids is 4. The van der Waals surface area contributed by atoms with Gasteiger partial charge in [-0.25, -0.2) is 0 Å². The van der Waals surface area contributed by atoms with Crippen molar-refractivity contribution in [3.05, 3.63) is 65.7 Å². The number of nitrogens with one attached hydrogen (secondary N) is 2. The summed E-state index contributed by atoms with van der Waals surface area (Å²) >= 11 is 0. The fraction of sp³-hybridized carbons (Fsp3) is 0.515. The van der Waals surface area contributed by atoms with Crippen molar-refractivity contribution in [2.45, 2.75) is 57.0 Å². The first-order valence-corrected chi connectivity index (χ1v) is 15.4. The molecule has 2 heterocycles. The van der Waals surface area contributed by atoms with Crippen LogP contribution in [0, 0.1) is 0 Å². The summed E-state index contributed by atoms with van der Waals surface area (Å²) in [6, 6.07) is 15.1.